The van der Waals surface area contributed by atoms with Crippen LogP contribution < -0.4 is 5.32 Å². The monoisotopic (exact) mass is 431 g/mol. The first-order valence-electron chi connectivity index (χ1n) is 10.3. The van der Waals surface area contributed by atoms with Crippen LogP contribution in [0.1, 0.15) is 36.9 Å². The third kappa shape index (κ3) is 4.26. The Kier molecular flexibility index (Phi) is 5.90. The molecule has 1 N–H and O–H groups in total. The lowest BCUT2D eigenvalue weighted by Gasteiger charge is -2.34. The lowest BCUT2D eigenvalue weighted by molar-refractivity contribution is -0.117. The highest BCUT2D eigenvalue weighted by atomic mass is 32.2. The number of anilines is 1. The van der Waals surface area contributed by atoms with Crippen molar-refractivity contribution in [1.29, 1.82) is 0 Å². The smallest absolute Gasteiger partial charge is 0.243 e. The second kappa shape index (κ2) is 8.45. The number of hydrogen-bond acceptors (Lipinski definition) is 4. The average Bonchev–Trinajstić information content (AvgIpc) is 3.26. The van der Waals surface area contributed by atoms with Crippen LogP contribution >= 0.6 is 0 Å². The Labute approximate surface area is 176 Å². The van der Waals surface area contributed by atoms with Crippen molar-refractivity contribution in [2.45, 2.75) is 37.1 Å². The van der Waals surface area contributed by atoms with Gasteiger partial charge in [0.1, 0.15) is 5.82 Å². The van der Waals surface area contributed by atoms with Gasteiger partial charge < -0.3 is 5.32 Å². The highest BCUT2D eigenvalue weighted by Crippen LogP contribution is 2.30. The molecule has 4 rings (SSSR count). The maximum atomic E-state index is 13.6. The Balaban J connectivity index is 1.43. The number of benzene rings is 2. The van der Waals surface area contributed by atoms with Gasteiger partial charge in [-0.1, -0.05) is 12.1 Å². The summed E-state index contributed by atoms with van der Waals surface area (Å²) in [4.78, 5) is 14.8. The van der Waals surface area contributed by atoms with E-state index in [0.717, 1.165) is 30.4 Å². The maximum absolute atomic E-state index is 13.6. The Hall–Kier alpha value is -2.29. The van der Waals surface area contributed by atoms with Gasteiger partial charge in [-0.05, 0) is 67.6 Å². The Bertz CT molecular complexity index is 1050. The lowest BCUT2D eigenvalue weighted by Crippen LogP contribution is -2.39. The van der Waals surface area contributed by atoms with E-state index in [4.69, 9.17) is 0 Å². The third-order valence-corrected chi connectivity index (χ3v) is 7.84. The fraction of sp³-hybridized carbons (Fsp3) is 0.409. The molecule has 0 saturated carbocycles. The highest BCUT2D eigenvalue weighted by molar-refractivity contribution is 7.89. The summed E-state index contributed by atoms with van der Waals surface area (Å²) in [6, 6.07) is 11.1. The van der Waals surface area contributed by atoms with Gasteiger partial charge in [0, 0.05) is 31.4 Å². The molecular weight excluding hydrogens is 405 g/mol. The van der Waals surface area contributed by atoms with E-state index in [1.165, 1.54) is 22.5 Å². The Morgan fingerprint density at radius 1 is 1.13 bits per heavy atom. The number of halogens is 1. The van der Waals surface area contributed by atoms with E-state index in [0.29, 0.717) is 25.3 Å². The standard InChI is InChI=1S/C22H26FN3O3S/c1-16-21-13-18(23)8-7-17(21)9-12-25(16)15-22(27)24-19-5-4-6-20(14-19)30(28,29)26-10-2-3-11-26/h4-8,13-14,16H,2-3,9-12,15H2,1H3,(H,24,27). The molecule has 0 radical (unpaired) electrons. The van der Waals surface area contributed by atoms with Gasteiger partial charge in [0.25, 0.3) is 0 Å². The number of sulfonamides is 1. The summed E-state index contributed by atoms with van der Waals surface area (Å²) in [7, 11) is -3.53. The van der Waals surface area contributed by atoms with E-state index >= 15 is 0 Å². The van der Waals surface area contributed by atoms with E-state index in [9.17, 15) is 17.6 Å². The number of nitrogens with zero attached hydrogens (tertiary/aromatic N) is 2. The first-order chi connectivity index (χ1) is 14.3. The molecule has 1 amide bonds. The molecule has 1 atom stereocenters. The van der Waals surface area contributed by atoms with Crippen LogP contribution in [0.25, 0.3) is 0 Å². The molecule has 30 heavy (non-hydrogen) atoms. The molecule has 1 fully saturated rings. The highest BCUT2D eigenvalue weighted by Gasteiger charge is 2.28. The van der Waals surface area contributed by atoms with Crippen LogP contribution in [0.3, 0.4) is 0 Å². The molecule has 0 aliphatic carbocycles. The van der Waals surface area contributed by atoms with Crippen LogP contribution in [0.5, 0.6) is 0 Å². The fourth-order valence-corrected chi connectivity index (χ4v) is 5.81. The van der Waals surface area contributed by atoms with Crippen LogP contribution in [-0.4, -0.2) is 49.7 Å². The number of hydrogen-bond donors (Lipinski definition) is 1. The zero-order chi connectivity index (χ0) is 21.3. The molecule has 8 heteroatoms. The number of carbonyl (C=O) groups is 1. The van der Waals surface area contributed by atoms with Gasteiger partial charge >= 0.3 is 0 Å². The minimum absolute atomic E-state index is 0.0721. The predicted molar refractivity (Wildman–Crippen MR) is 113 cm³/mol. The topological polar surface area (TPSA) is 69.7 Å². The van der Waals surface area contributed by atoms with Crippen LogP contribution in [-0.2, 0) is 21.2 Å². The average molecular weight is 432 g/mol. The van der Waals surface area contributed by atoms with Crippen molar-refractivity contribution in [2.24, 2.45) is 0 Å². The third-order valence-electron chi connectivity index (χ3n) is 5.94. The molecule has 2 aliphatic heterocycles. The summed E-state index contributed by atoms with van der Waals surface area (Å²) in [6.45, 7) is 3.90. The molecule has 2 aliphatic rings. The zero-order valence-electron chi connectivity index (χ0n) is 17.0. The van der Waals surface area contributed by atoms with E-state index in [2.05, 4.69) is 5.32 Å². The lowest BCUT2D eigenvalue weighted by atomic mass is 9.93. The molecule has 6 nitrogen and oxygen atoms in total. The van der Waals surface area contributed by atoms with Gasteiger partial charge in [-0.3, -0.25) is 9.69 Å². The van der Waals surface area contributed by atoms with Crippen molar-refractivity contribution in [2.75, 3.05) is 31.5 Å². The van der Waals surface area contributed by atoms with Gasteiger partial charge in [0.2, 0.25) is 15.9 Å². The molecule has 2 aromatic carbocycles. The molecule has 0 bridgehead atoms. The second-order valence-electron chi connectivity index (χ2n) is 7.93. The largest absolute Gasteiger partial charge is 0.325 e. The zero-order valence-corrected chi connectivity index (χ0v) is 17.8. The van der Waals surface area contributed by atoms with Gasteiger partial charge in [0.15, 0.2) is 0 Å². The van der Waals surface area contributed by atoms with Crippen LogP contribution in [0.4, 0.5) is 10.1 Å². The van der Waals surface area contributed by atoms with Crippen molar-refractivity contribution >= 4 is 21.6 Å². The number of carbonyl (C=O) groups excluding carboxylic acids is 1. The summed E-state index contributed by atoms with van der Waals surface area (Å²) >= 11 is 0. The van der Waals surface area contributed by atoms with Crippen molar-refractivity contribution in [1.82, 2.24) is 9.21 Å². The minimum atomic E-state index is -3.53. The molecule has 160 valence electrons. The minimum Gasteiger partial charge on any atom is -0.325 e. The first-order valence-corrected chi connectivity index (χ1v) is 11.7. The van der Waals surface area contributed by atoms with Crippen molar-refractivity contribution in [3.63, 3.8) is 0 Å². The van der Waals surface area contributed by atoms with Crippen molar-refractivity contribution in [3.8, 4) is 0 Å². The summed E-state index contributed by atoms with van der Waals surface area (Å²) in [5.41, 5.74) is 2.48. The number of rotatable bonds is 5. The number of fused-ring (bicyclic) bond motifs is 1. The SMILES string of the molecule is CC1c2cc(F)ccc2CCN1CC(=O)Nc1cccc(S(=O)(=O)N2CCCC2)c1. The van der Waals surface area contributed by atoms with E-state index < -0.39 is 10.0 Å². The van der Waals surface area contributed by atoms with Gasteiger partial charge in [-0.25, -0.2) is 12.8 Å². The molecule has 2 aromatic rings. The normalized spacial score (nSPS) is 20.1. The summed E-state index contributed by atoms with van der Waals surface area (Å²) in [5.74, 6) is -0.500. The second-order valence-corrected chi connectivity index (χ2v) is 9.86. The predicted octanol–water partition coefficient (Wildman–Crippen LogP) is 3.17. The fourth-order valence-electron chi connectivity index (χ4n) is 4.25. The van der Waals surface area contributed by atoms with Gasteiger partial charge in [0.05, 0.1) is 11.4 Å². The molecular formula is C22H26FN3O3S. The van der Waals surface area contributed by atoms with Crippen LogP contribution in [0.2, 0.25) is 0 Å². The maximum Gasteiger partial charge on any atom is 0.243 e. The summed E-state index contributed by atoms with van der Waals surface area (Å²) in [5, 5.41) is 2.81. The Morgan fingerprint density at radius 2 is 1.90 bits per heavy atom. The van der Waals surface area contributed by atoms with E-state index in [1.807, 2.05) is 17.9 Å². The molecule has 1 unspecified atom stereocenters. The molecule has 1 saturated heterocycles. The number of amides is 1. The Morgan fingerprint density at radius 3 is 2.67 bits per heavy atom. The van der Waals surface area contributed by atoms with Gasteiger partial charge in [-0.15, -0.1) is 0 Å². The van der Waals surface area contributed by atoms with Gasteiger partial charge in [-0.2, -0.15) is 4.31 Å². The van der Waals surface area contributed by atoms with E-state index in [-0.39, 0.29) is 29.2 Å². The van der Waals surface area contributed by atoms with Crippen molar-refractivity contribution in [3.05, 3.63) is 59.4 Å². The van der Waals surface area contributed by atoms with E-state index in [1.54, 1.807) is 18.2 Å². The van der Waals surface area contributed by atoms with Crippen molar-refractivity contribution < 1.29 is 17.6 Å². The molecule has 0 aromatic heterocycles. The molecule has 0 spiro atoms. The summed E-state index contributed by atoms with van der Waals surface area (Å²) < 4.78 is 40.6. The first kappa shape index (κ1) is 21.0. The quantitative estimate of drug-likeness (QED) is 0.790. The van der Waals surface area contributed by atoms with Crippen LogP contribution in [0, 0.1) is 5.82 Å². The van der Waals surface area contributed by atoms with Crippen LogP contribution in [0.15, 0.2) is 47.4 Å². The summed E-state index contributed by atoms with van der Waals surface area (Å²) in [6.07, 6.45) is 2.50. The number of nitrogens with one attached hydrogen (secondary N) is 1. The molecule has 2 heterocycles.